The third-order valence-corrected chi connectivity index (χ3v) is 3.22. The maximum absolute atomic E-state index is 11.1. The summed E-state index contributed by atoms with van der Waals surface area (Å²) in [4.78, 5) is 15.5. The number of nitrogens with one attached hydrogen (secondary N) is 1. The molecule has 1 aromatic heterocycles. The Morgan fingerprint density at radius 2 is 2.05 bits per heavy atom. The van der Waals surface area contributed by atoms with Crippen LogP contribution >= 0.6 is 0 Å². The second-order valence-corrected chi connectivity index (χ2v) is 5.54. The molecule has 0 fully saturated rings. The molecule has 5 heteroatoms. The van der Waals surface area contributed by atoms with Crippen LogP contribution < -0.4 is 5.32 Å². The number of aromatic nitrogens is 1. The highest BCUT2D eigenvalue weighted by Gasteiger charge is 2.10. The van der Waals surface area contributed by atoms with E-state index in [1.807, 2.05) is 0 Å². The first-order valence-electron chi connectivity index (χ1n) is 7.02. The van der Waals surface area contributed by atoms with Crippen molar-refractivity contribution in [3.05, 3.63) is 35.9 Å². The van der Waals surface area contributed by atoms with Crippen molar-refractivity contribution >= 4 is 22.7 Å². The molecule has 0 saturated carbocycles. The van der Waals surface area contributed by atoms with Gasteiger partial charge in [0.15, 0.2) is 0 Å². The van der Waals surface area contributed by atoms with Crippen molar-refractivity contribution < 1.29 is 15.0 Å². The number of hydrogen-bond acceptors (Lipinski definition) is 4. The predicted octanol–water partition coefficient (Wildman–Crippen LogP) is 2.75. The summed E-state index contributed by atoms with van der Waals surface area (Å²) in [5, 5.41) is 22.7. The maximum Gasteiger partial charge on any atom is 0.336 e. The molecule has 0 radical (unpaired) electrons. The normalized spacial score (nSPS) is 12.6. The van der Waals surface area contributed by atoms with Crippen molar-refractivity contribution in [1.82, 2.24) is 4.98 Å². The highest BCUT2D eigenvalue weighted by molar-refractivity contribution is 6.02. The van der Waals surface area contributed by atoms with Crippen LogP contribution in [0.2, 0.25) is 0 Å². The summed E-state index contributed by atoms with van der Waals surface area (Å²) >= 11 is 0. The molecule has 2 aromatic rings. The average molecular weight is 288 g/mol. The molecule has 2 rings (SSSR count). The van der Waals surface area contributed by atoms with E-state index in [9.17, 15) is 9.90 Å². The Labute approximate surface area is 123 Å². The first kappa shape index (κ1) is 15.3. The van der Waals surface area contributed by atoms with E-state index >= 15 is 0 Å². The summed E-state index contributed by atoms with van der Waals surface area (Å²) in [5.41, 5.74) is 0.865. The molecule has 1 aromatic carbocycles. The number of carboxylic acid groups (broad SMARTS) is 1. The number of rotatable bonds is 6. The van der Waals surface area contributed by atoms with Gasteiger partial charge in [-0.15, -0.1) is 0 Å². The zero-order valence-electron chi connectivity index (χ0n) is 12.2. The standard InChI is InChI=1S/C16H20N2O3/c1-10(2)8-11(19)9-17-15-7-6-12-13(16(20)21)4-3-5-14(12)18-15/h3-7,10-11,19H,8-9H2,1-2H3,(H,17,18)(H,20,21). The van der Waals surface area contributed by atoms with Gasteiger partial charge in [-0.1, -0.05) is 19.9 Å². The summed E-state index contributed by atoms with van der Waals surface area (Å²) in [6, 6.07) is 8.49. The number of nitrogens with zero attached hydrogens (tertiary/aromatic N) is 1. The number of anilines is 1. The summed E-state index contributed by atoms with van der Waals surface area (Å²) in [7, 11) is 0. The summed E-state index contributed by atoms with van der Waals surface area (Å²) in [5.74, 6) is 0.104. The molecule has 0 amide bonds. The van der Waals surface area contributed by atoms with E-state index in [1.54, 1.807) is 30.3 Å². The van der Waals surface area contributed by atoms with Crippen LogP contribution in [0.1, 0.15) is 30.6 Å². The third kappa shape index (κ3) is 3.92. The van der Waals surface area contributed by atoms with Gasteiger partial charge in [0.1, 0.15) is 5.82 Å². The molecule has 0 spiro atoms. The quantitative estimate of drug-likeness (QED) is 0.761. The highest BCUT2D eigenvalue weighted by atomic mass is 16.4. The Kier molecular flexibility index (Phi) is 4.75. The van der Waals surface area contributed by atoms with Crippen molar-refractivity contribution in [3.8, 4) is 0 Å². The summed E-state index contributed by atoms with van der Waals surface area (Å²) < 4.78 is 0. The van der Waals surface area contributed by atoms with E-state index in [0.717, 1.165) is 6.42 Å². The fraction of sp³-hybridized carbons (Fsp3) is 0.375. The molecule has 3 N–H and O–H groups in total. The van der Waals surface area contributed by atoms with Crippen molar-refractivity contribution in [1.29, 1.82) is 0 Å². The van der Waals surface area contributed by atoms with Crippen LogP contribution in [-0.4, -0.2) is 33.8 Å². The Balaban J connectivity index is 2.15. The Bertz CT molecular complexity index is 640. The van der Waals surface area contributed by atoms with Crippen molar-refractivity contribution in [2.45, 2.75) is 26.4 Å². The maximum atomic E-state index is 11.1. The van der Waals surface area contributed by atoms with Gasteiger partial charge in [0, 0.05) is 11.9 Å². The zero-order chi connectivity index (χ0) is 15.4. The number of aliphatic hydroxyl groups excluding tert-OH is 1. The van der Waals surface area contributed by atoms with E-state index in [2.05, 4.69) is 24.1 Å². The smallest absolute Gasteiger partial charge is 0.336 e. The number of hydrogen-bond donors (Lipinski definition) is 3. The van der Waals surface area contributed by atoms with Gasteiger partial charge in [0.05, 0.1) is 17.2 Å². The fourth-order valence-corrected chi connectivity index (χ4v) is 2.29. The van der Waals surface area contributed by atoms with Crippen molar-refractivity contribution in [2.75, 3.05) is 11.9 Å². The number of pyridine rings is 1. The van der Waals surface area contributed by atoms with Gasteiger partial charge in [-0.05, 0) is 36.6 Å². The minimum absolute atomic E-state index is 0.242. The van der Waals surface area contributed by atoms with E-state index in [1.165, 1.54) is 0 Å². The number of aromatic carboxylic acids is 1. The van der Waals surface area contributed by atoms with Crippen LogP contribution in [0.5, 0.6) is 0 Å². The molecule has 5 nitrogen and oxygen atoms in total. The zero-order valence-corrected chi connectivity index (χ0v) is 12.2. The lowest BCUT2D eigenvalue weighted by Gasteiger charge is -2.14. The summed E-state index contributed by atoms with van der Waals surface area (Å²) in [6.07, 6.45) is 0.303. The molecule has 112 valence electrons. The Morgan fingerprint density at radius 1 is 1.29 bits per heavy atom. The minimum atomic E-state index is -0.963. The van der Waals surface area contributed by atoms with E-state index in [4.69, 9.17) is 5.11 Å². The fourth-order valence-electron chi connectivity index (χ4n) is 2.29. The van der Waals surface area contributed by atoms with Crippen molar-refractivity contribution in [3.63, 3.8) is 0 Å². The van der Waals surface area contributed by atoms with Gasteiger partial charge in [-0.2, -0.15) is 0 Å². The molecule has 0 saturated heterocycles. The van der Waals surface area contributed by atoms with Crippen LogP contribution in [0, 0.1) is 5.92 Å². The first-order chi connectivity index (χ1) is 9.97. The minimum Gasteiger partial charge on any atom is -0.478 e. The molecule has 21 heavy (non-hydrogen) atoms. The van der Waals surface area contributed by atoms with Gasteiger partial charge in [-0.3, -0.25) is 0 Å². The molecule has 0 aliphatic carbocycles. The van der Waals surface area contributed by atoms with E-state index in [0.29, 0.717) is 29.2 Å². The van der Waals surface area contributed by atoms with Gasteiger partial charge >= 0.3 is 5.97 Å². The summed E-state index contributed by atoms with van der Waals surface area (Å²) in [6.45, 7) is 4.55. The van der Waals surface area contributed by atoms with Gasteiger partial charge in [0.25, 0.3) is 0 Å². The molecule has 0 aliphatic heterocycles. The molecular weight excluding hydrogens is 268 g/mol. The number of fused-ring (bicyclic) bond motifs is 1. The predicted molar refractivity (Wildman–Crippen MR) is 82.7 cm³/mol. The van der Waals surface area contributed by atoms with E-state index < -0.39 is 12.1 Å². The molecular formula is C16H20N2O3. The average Bonchev–Trinajstić information content (AvgIpc) is 2.43. The Hall–Kier alpha value is -2.14. The lowest BCUT2D eigenvalue weighted by molar-refractivity contribution is 0.0699. The van der Waals surface area contributed by atoms with E-state index in [-0.39, 0.29) is 5.56 Å². The number of carbonyl (C=O) groups is 1. The van der Waals surface area contributed by atoms with Gasteiger partial charge < -0.3 is 15.5 Å². The topological polar surface area (TPSA) is 82.5 Å². The molecule has 1 atom stereocenters. The van der Waals surface area contributed by atoms with Crippen LogP contribution in [0.4, 0.5) is 5.82 Å². The van der Waals surface area contributed by atoms with Gasteiger partial charge in [0.2, 0.25) is 0 Å². The largest absolute Gasteiger partial charge is 0.478 e. The van der Waals surface area contributed by atoms with Gasteiger partial charge in [-0.25, -0.2) is 9.78 Å². The third-order valence-electron chi connectivity index (χ3n) is 3.22. The highest BCUT2D eigenvalue weighted by Crippen LogP contribution is 2.19. The second kappa shape index (κ2) is 6.54. The molecule has 1 heterocycles. The molecule has 0 bridgehead atoms. The second-order valence-electron chi connectivity index (χ2n) is 5.54. The first-order valence-corrected chi connectivity index (χ1v) is 7.02. The number of benzene rings is 1. The monoisotopic (exact) mass is 288 g/mol. The Morgan fingerprint density at radius 3 is 2.71 bits per heavy atom. The van der Waals surface area contributed by atoms with Crippen LogP contribution in [0.25, 0.3) is 10.9 Å². The number of carboxylic acids is 1. The van der Waals surface area contributed by atoms with Crippen molar-refractivity contribution in [2.24, 2.45) is 5.92 Å². The lowest BCUT2D eigenvalue weighted by Crippen LogP contribution is -2.21. The number of aliphatic hydroxyl groups is 1. The SMILES string of the molecule is CC(C)CC(O)CNc1ccc2c(C(=O)O)cccc2n1. The van der Waals surface area contributed by atoms with Crippen LogP contribution in [-0.2, 0) is 0 Å². The van der Waals surface area contributed by atoms with Crippen LogP contribution in [0.15, 0.2) is 30.3 Å². The lowest BCUT2D eigenvalue weighted by atomic mass is 10.1. The van der Waals surface area contributed by atoms with Crippen LogP contribution in [0.3, 0.4) is 0 Å². The molecule has 0 aliphatic rings. The molecule has 1 unspecified atom stereocenters.